The first-order valence-electron chi connectivity index (χ1n) is 13.1. The number of hydrogen-bond donors (Lipinski definition) is 1. The van der Waals surface area contributed by atoms with Gasteiger partial charge in [-0.15, -0.1) is 0 Å². The van der Waals surface area contributed by atoms with E-state index in [9.17, 15) is 18.4 Å². The van der Waals surface area contributed by atoms with Crippen LogP contribution in [0.2, 0.25) is 0 Å². The van der Waals surface area contributed by atoms with Gasteiger partial charge in [0.05, 0.1) is 11.7 Å². The zero-order valence-electron chi connectivity index (χ0n) is 22.5. The summed E-state index contributed by atoms with van der Waals surface area (Å²) in [4.78, 5) is 30.6. The van der Waals surface area contributed by atoms with Gasteiger partial charge in [0.2, 0.25) is 5.91 Å². The van der Waals surface area contributed by atoms with Gasteiger partial charge in [0, 0.05) is 40.0 Å². The number of carbonyl (C=O) groups is 2. The number of Topliss-reactive ketones (excluding diaryl/α,β-unsaturated/α-hetero) is 1. The van der Waals surface area contributed by atoms with Crippen LogP contribution in [0.25, 0.3) is 22.0 Å². The smallest absolute Gasteiger partial charge is 0.240 e. The van der Waals surface area contributed by atoms with Crippen LogP contribution in [0.4, 0.5) is 8.78 Å². The fraction of sp³-hybridized carbons (Fsp3) is 0.182. The normalized spacial score (nSPS) is 11.9. The number of amides is 1. The summed E-state index contributed by atoms with van der Waals surface area (Å²) in [6, 6.07) is 21.8. The Morgan fingerprint density at radius 2 is 1.62 bits per heavy atom. The SMILES string of the molecule is CC(=O)c1c(C)n(CC(=O)N[C@@H](Cc2cc(F)cc(F)c2)c2ncccc2-c2ccc(C)cc2)c2ccccc12. The van der Waals surface area contributed by atoms with E-state index in [1.165, 1.54) is 19.1 Å². The summed E-state index contributed by atoms with van der Waals surface area (Å²) in [6.07, 6.45) is 1.77. The largest absolute Gasteiger partial charge is 0.346 e. The second kappa shape index (κ2) is 11.2. The van der Waals surface area contributed by atoms with Crippen molar-refractivity contribution in [2.24, 2.45) is 0 Å². The monoisotopic (exact) mass is 537 g/mol. The van der Waals surface area contributed by atoms with Crippen molar-refractivity contribution in [1.82, 2.24) is 14.9 Å². The van der Waals surface area contributed by atoms with Crippen LogP contribution in [-0.4, -0.2) is 21.2 Å². The van der Waals surface area contributed by atoms with Crippen LogP contribution in [0, 0.1) is 25.5 Å². The minimum Gasteiger partial charge on any atom is -0.346 e. The third-order valence-electron chi connectivity index (χ3n) is 7.11. The number of aryl methyl sites for hydroxylation is 1. The number of pyridine rings is 1. The Hall–Kier alpha value is -4.65. The first-order chi connectivity index (χ1) is 19.2. The molecule has 2 aromatic heterocycles. The zero-order chi connectivity index (χ0) is 28.4. The number of aromatic nitrogens is 2. The first-order valence-corrected chi connectivity index (χ1v) is 13.1. The summed E-state index contributed by atoms with van der Waals surface area (Å²) < 4.78 is 30.0. The van der Waals surface area contributed by atoms with Crippen molar-refractivity contribution in [3.05, 3.63) is 125 Å². The number of hydrogen-bond acceptors (Lipinski definition) is 3. The van der Waals surface area contributed by atoms with E-state index in [1.54, 1.807) is 6.20 Å². The van der Waals surface area contributed by atoms with Crippen molar-refractivity contribution in [2.75, 3.05) is 0 Å². The lowest BCUT2D eigenvalue weighted by Gasteiger charge is -2.22. The number of para-hydroxylation sites is 1. The zero-order valence-corrected chi connectivity index (χ0v) is 22.5. The van der Waals surface area contributed by atoms with Crippen molar-refractivity contribution in [3.8, 4) is 11.1 Å². The molecule has 1 atom stereocenters. The van der Waals surface area contributed by atoms with Crippen molar-refractivity contribution >= 4 is 22.6 Å². The molecule has 3 aromatic carbocycles. The second-order valence-corrected chi connectivity index (χ2v) is 10.0. The topological polar surface area (TPSA) is 64.0 Å². The van der Waals surface area contributed by atoms with Crippen molar-refractivity contribution in [3.63, 3.8) is 0 Å². The lowest BCUT2D eigenvalue weighted by molar-refractivity contribution is -0.122. The summed E-state index contributed by atoms with van der Waals surface area (Å²) in [5, 5.41) is 3.86. The number of rotatable bonds is 8. The Labute approximate surface area is 231 Å². The highest BCUT2D eigenvalue weighted by atomic mass is 19.1. The molecule has 0 aliphatic carbocycles. The Morgan fingerprint density at radius 3 is 2.33 bits per heavy atom. The van der Waals surface area contributed by atoms with E-state index >= 15 is 0 Å². The van der Waals surface area contributed by atoms with E-state index in [2.05, 4.69) is 10.3 Å². The van der Waals surface area contributed by atoms with Crippen molar-refractivity contribution < 1.29 is 18.4 Å². The molecule has 0 saturated heterocycles. The maximum atomic E-state index is 14.1. The van der Waals surface area contributed by atoms with E-state index < -0.39 is 17.7 Å². The molecule has 0 spiro atoms. The summed E-state index contributed by atoms with van der Waals surface area (Å²) in [6.45, 7) is 5.30. The summed E-state index contributed by atoms with van der Waals surface area (Å²) in [5.41, 5.74) is 5.87. The third kappa shape index (κ3) is 5.54. The number of ketones is 1. The molecule has 5 aromatic rings. The average Bonchev–Trinajstić information content (AvgIpc) is 3.19. The van der Waals surface area contributed by atoms with Crippen molar-refractivity contribution in [1.29, 1.82) is 0 Å². The van der Waals surface area contributed by atoms with E-state index in [0.717, 1.165) is 33.7 Å². The predicted molar refractivity (Wildman–Crippen MR) is 152 cm³/mol. The number of fused-ring (bicyclic) bond motifs is 1. The van der Waals surface area contributed by atoms with Crippen LogP contribution < -0.4 is 5.32 Å². The van der Waals surface area contributed by atoms with Crippen LogP contribution in [0.15, 0.2) is 85.1 Å². The quantitative estimate of drug-likeness (QED) is 0.219. The van der Waals surface area contributed by atoms with Gasteiger partial charge in [-0.2, -0.15) is 0 Å². The molecule has 202 valence electrons. The van der Waals surface area contributed by atoms with E-state index in [4.69, 9.17) is 0 Å². The Kier molecular flexibility index (Phi) is 7.56. The molecule has 2 heterocycles. The predicted octanol–water partition coefficient (Wildman–Crippen LogP) is 6.90. The van der Waals surface area contributed by atoms with E-state index in [0.29, 0.717) is 22.5 Å². The van der Waals surface area contributed by atoms with Gasteiger partial charge in [-0.3, -0.25) is 14.6 Å². The molecule has 5 rings (SSSR count). The van der Waals surface area contributed by atoms with Gasteiger partial charge in [-0.25, -0.2) is 8.78 Å². The fourth-order valence-electron chi connectivity index (χ4n) is 5.32. The Balaban J connectivity index is 1.53. The molecule has 1 amide bonds. The van der Waals surface area contributed by atoms with Crippen LogP contribution in [0.5, 0.6) is 0 Å². The Bertz CT molecular complexity index is 1700. The second-order valence-electron chi connectivity index (χ2n) is 10.0. The molecule has 0 unspecified atom stereocenters. The minimum atomic E-state index is -0.689. The number of carbonyl (C=O) groups excluding carboxylic acids is 2. The molecular formula is C33H29F2N3O2. The Morgan fingerprint density at radius 1 is 0.925 bits per heavy atom. The highest BCUT2D eigenvalue weighted by Gasteiger charge is 2.23. The van der Waals surface area contributed by atoms with Crippen molar-refractivity contribution in [2.45, 2.75) is 39.8 Å². The van der Waals surface area contributed by atoms with Gasteiger partial charge < -0.3 is 9.88 Å². The van der Waals surface area contributed by atoms with E-state index in [1.807, 2.05) is 79.1 Å². The van der Waals surface area contributed by atoms with Crippen LogP contribution >= 0.6 is 0 Å². The fourth-order valence-corrected chi connectivity index (χ4v) is 5.32. The summed E-state index contributed by atoms with van der Waals surface area (Å²) >= 11 is 0. The number of nitrogens with zero attached hydrogens (tertiary/aromatic N) is 2. The molecule has 7 heteroatoms. The minimum absolute atomic E-state index is 0.0413. The number of halogens is 2. The summed E-state index contributed by atoms with van der Waals surface area (Å²) in [7, 11) is 0. The summed E-state index contributed by atoms with van der Waals surface area (Å²) in [5.74, 6) is -1.77. The molecule has 5 nitrogen and oxygen atoms in total. The molecule has 0 aliphatic rings. The van der Waals surface area contributed by atoms with Gasteiger partial charge in [-0.1, -0.05) is 54.1 Å². The standard InChI is InChI=1S/C33H29F2N3O2/c1-20-10-12-24(13-11-20)27-8-6-14-36-33(27)29(17-23-15-25(34)18-26(35)16-23)37-31(40)19-38-21(2)32(22(3)39)28-7-4-5-9-30(28)38/h4-16,18,29H,17,19H2,1-3H3,(H,37,40)/t29-/m0/s1. The maximum Gasteiger partial charge on any atom is 0.240 e. The lowest BCUT2D eigenvalue weighted by Crippen LogP contribution is -2.34. The molecule has 0 aliphatic heterocycles. The van der Waals surface area contributed by atoms with Crippen LogP contribution in [0.3, 0.4) is 0 Å². The third-order valence-corrected chi connectivity index (χ3v) is 7.11. The van der Waals surface area contributed by atoms with E-state index in [-0.39, 0.29) is 24.7 Å². The number of nitrogens with one attached hydrogen (secondary N) is 1. The molecule has 0 fully saturated rings. The van der Waals surface area contributed by atoms with Gasteiger partial charge in [0.25, 0.3) is 0 Å². The molecular weight excluding hydrogens is 508 g/mol. The van der Waals surface area contributed by atoms with Gasteiger partial charge in [-0.05, 0) is 62.6 Å². The molecule has 40 heavy (non-hydrogen) atoms. The number of benzene rings is 3. The highest BCUT2D eigenvalue weighted by molar-refractivity contribution is 6.08. The van der Waals surface area contributed by atoms with Gasteiger partial charge >= 0.3 is 0 Å². The molecule has 0 radical (unpaired) electrons. The lowest BCUT2D eigenvalue weighted by atomic mass is 9.95. The molecule has 0 saturated carbocycles. The molecule has 1 N–H and O–H groups in total. The first kappa shape index (κ1) is 26.9. The molecule has 0 bridgehead atoms. The van der Waals surface area contributed by atoms with Crippen LogP contribution in [0.1, 0.15) is 45.8 Å². The van der Waals surface area contributed by atoms with Gasteiger partial charge in [0.15, 0.2) is 5.78 Å². The van der Waals surface area contributed by atoms with Gasteiger partial charge in [0.1, 0.15) is 18.2 Å². The van der Waals surface area contributed by atoms with Crippen LogP contribution in [-0.2, 0) is 17.8 Å². The highest BCUT2D eigenvalue weighted by Crippen LogP contribution is 2.30. The maximum absolute atomic E-state index is 14.1. The average molecular weight is 538 g/mol.